The van der Waals surface area contributed by atoms with E-state index in [4.69, 9.17) is 14.2 Å². The topological polar surface area (TPSA) is 76.2 Å². The number of fused-ring (bicyclic) bond motifs is 1. The second-order valence-corrected chi connectivity index (χ2v) is 7.17. The minimum atomic E-state index is -0.0194. The number of piperazine rings is 1. The predicted molar refractivity (Wildman–Crippen MR) is 109 cm³/mol. The van der Waals surface area contributed by atoms with Crippen molar-refractivity contribution in [2.24, 2.45) is 0 Å². The van der Waals surface area contributed by atoms with Crippen LogP contribution in [0.2, 0.25) is 0 Å². The molecule has 0 atom stereocenters. The molecule has 1 fully saturated rings. The van der Waals surface area contributed by atoms with Gasteiger partial charge in [-0.2, -0.15) is 0 Å². The van der Waals surface area contributed by atoms with Gasteiger partial charge in [0.25, 0.3) is 0 Å². The van der Waals surface area contributed by atoms with Crippen molar-refractivity contribution in [2.45, 2.75) is 6.54 Å². The van der Waals surface area contributed by atoms with Crippen LogP contribution < -0.4 is 19.5 Å². The summed E-state index contributed by atoms with van der Waals surface area (Å²) in [5, 5.41) is 2.95. The van der Waals surface area contributed by atoms with E-state index in [9.17, 15) is 4.79 Å². The molecular formula is C21H26N4O4. The smallest absolute Gasteiger partial charge is 0.238 e. The number of benzene rings is 1. The summed E-state index contributed by atoms with van der Waals surface area (Å²) in [5.41, 5.74) is 1.91. The SMILES string of the molecule is COc1cc(CN2CCN(CC(=O)Nc3ccc4c(c3)OCCO4)CC2)ccn1. The Morgan fingerprint density at radius 2 is 1.83 bits per heavy atom. The van der Waals surface area contributed by atoms with E-state index in [0.717, 1.165) is 44.2 Å². The van der Waals surface area contributed by atoms with E-state index < -0.39 is 0 Å². The van der Waals surface area contributed by atoms with Crippen LogP contribution in [-0.4, -0.2) is 73.7 Å². The van der Waals surface area contributed by atoms with Crippen LogP contribution in [0.3, 0.4) is 0 Å². The van der Waals surface area contributed by atoms with Gasteiger partial charge >= 0.3 is 0 Å². The third kappa shape index (κ3) is 5.16. The van der Waals surface area contributed by atoms with E-state index in [1.54, 1.807) is 13.3 Å². The molecule has 29 heavy (non-hydrogen) atoms. The lowest BCUT2D eigenvalue weighted by atomic mass is 10.2. The van der Waals surface area contributed by atoms with E-state index in [0.29, 0.717) is 31.4 Å². The lowest BCUT2D eigenvalue weighted by molar-refractivity contribution is -0.117. The fourth-order valence-corrected chi connectivity index (χ4v) is 3.55. The highest BCUT2D eigenvalue weighted by atomic mass is 16.6. The van der Waals surface area contributed by atoms with Crippen LogP contribution in [0, 0.1) is 0 Å². The quantitative estimate of drug-likeness (QED) is 0.792. The molecule has 1 aromatic carbocycles. The van der Waals surface area contributed by atoms with Crippen LogP contribution in [-0.2, 0) is 11.3 Å². The molecule has 1 N–H and O–H groups in total. The van der Waals surface area contributed by atoms with Gasteiger partial charge in [0, 0.05) is 56.7 Å². The van der Waals surface area contributed by atoms with Gasteiger partial charge in [0.15, 0.2) is 11.5 Å². The maximum absolute atomic E-state index is 12.4. The number of amides is 1. The minimum Gasteiger partial charge on any atom is -0.486 e. The number of hydrogen-bond donors (Lipinski definition) is 1. The summed E-state index contributed by atoms with van der Waals surface area (Å²) in [5.74, 6) is 2.01. The molecule has 0 radical (unpaired) electrons. The molecule has 154 valence electrons. The first-order valence-electron chi connectivity index (χ1n) is 9.83. The van der Waals surface area contributed by atoms with Crippen LogP contribution >= 0.6 is 0 Å². The van der Waals surface area contributed by atoms with Gasteiger partial charge in [-0.05, 0) is 23.8 Å². The molecule has 2 aliphatic heterocycles. The van der Waals surface area contributed by atoms with Crippen LogP contribution in [0.1, 0.15) is 5.56 Å². The summed E-state index contributed by atoms with van der Waals surface area (Å²) in [7, 11) is 1.63. The number of hydrogen-bond acceptors (Lipinski definition) is 7. The Morgan fingerprint density at radius 3 is 2.62 bits per heavy atom. The molecule has 8 nitrogen and oxygen atoms in total. The van der Waals surface area contributed by atoms with E-state index in [2.05, 4.69) is 20.1 Å². The molecule has 3 heterocycles. The van der Waals surface area contributed by atoms with Gasteiger partial charge in [0.05, 0.1) is 13.7 Å². The Bertz CT molecular complexity index is 852. The Labute approximate surface area is 170 Å². The summed E-state index contributed by atoms with van der Waals surface area (Å²) in [6.45, 7) is 5.87. The first-order valence-corrected chi connectivity index (χ1v) is 9.83. The number of methoxy groups -OCH3 is 1. The average Bonchev–Trinajstić information content (AvgIpc) is 2.75. The molecule has 4 rings (SSSR count). The summed E-state index contributed by atoms with van der Waals surface area (Å²) >= 11 is 0. The maximum Gasteiger partial charge on any atom is 0.238 e. The lowest BCUT2D eigenvalue weighted by Gasteiger charge is -2.34. The molecule has 1 aromatic heterocycles. The summed E-state index contributed by atoms with van der Waals surface area (Å²) in [6.07, 6.45) is 1.77. The molecule has 2 aliphatic rings. The molecule has 1 amide bonds. The molecule has 0 spiro atoms. The second-order valence-electron chi connectivity index (χ2n) is 7.17. The molecule has 0 aliphatic carbocycles. The van der Waals surface area contributed by atoms with Crippen molar-refractivity contribution in [3.63, 3.8) is 0 Å². The number of aromatic nitrogens is 1. The number of carbonyl (C=O) groups is 1. The average molecular weight is 398 g/mol. The summed E-state index contributed by atoms with van der Waals surface area (Å²) < 4.78 is 16.3. The molecule has 0 saturated carbocycles. The van der Waals surface area contributed by atoms with Gasteiger partial charge in [-0.15, -0.1) is 0 Å². The molecule has 0 unspecified atom stereocenters. The second kappa shape index (κ2) is 9.11. The third-order valence-electron chi connectivity index (χ3n) is 5.07. The monoisotopic (exact) mass is 398 g/mol. The van der Waals surface area contributed by atoms with E-state index in [1.165, 1.54) is 5.56 Å². The Morgan fingerprint density at radius 1 is 1.07 bits per heavy atom. The van der Waals surface area contributed by atoms with Gasteiger partial charge in [0.2, 0.25) is 11.8 Å². The van der Waals surface area contributed by atoms with Crippen LogP contribution in [0.15, 0.2) is 36.5 Å². The number of anilines is 1. The van der Waals surface area contributed by atoms with Crippen molar-refractivity contribution in [3.8, 4) is 17.4 Å². The normalized spacial score (nSPS) is 17.0. The van der Waals surface area contributed by atoms with Gasteiger partial charge in [-0.1, -0.05) is 0 Å². The highest BCUT2D eigenvalue weighted by Gasteiger charge is 2.20. The molecule has 2 aromatic rings. The molecule has 0 bridgehead atoms. The molecular weight excluding hydrogens is 372 g/mol. The minimum absolute atomic E-state index is 0.0194. The predicted octanol–water partition coefficient (Wildman–Crippen LogP) is 1.62. The van der Waals surface area contributed by atoms with Gasteiger partial charge < -0.3 is 19.5 Å². The number of nitrogens with zero attached hydrogens (tertiary/aromatic N) is 3. The van der Waals surface area contributed by atoms with Crippen molar-refractivity contribution in [1.29, 1.82) is 0 Å². The number of carbonyl (C=O) groups excluding carboxylic acids is 1. The van der Waals surface area contributed by atoms with Crippen LogP contribution in [0.25, 0.3) is 0 Å². The first-order chi connectivity index (χ1) is 14.2. The largest absolute Gasteiger partial charge is 0.486 e. The Hall–Kier alpha value is -2.84. The Balaban J connectivity index is 1.23. The third-order valence-corrected chi connectivity index (χ3v) is 5.07. The van der Waals surface area contributed by atoms with Crippen molar-refractivity contribution in [1.82, 2.24) is 14.8 Å². The number of nitrogens with one attached hydrogen (secondary N) is 1. The number of pyridine rings is 1. The fourth-order valence-electron chi connectivity index (χ4n) is 3.55. The van der Waals surface area contributed by atoms with Crippen molar-refractivity contribution in [3.05, 3.63) is 42.1 Å². The highest BCUT2D eigenvalue weighted by molar-refractivity contribution is 5.92. The molecule has 8 heteroatoms. The van der Waals surface area contributed by atoms with Gasteiger partial charge in [-0.25, -0.2) is 4.98 Å². The fraction of sp³-hybridized carbons (Fsp3) is 0.429. The highest BCUT2D eigenvalue weighted by Crippen LogP contribution is 2.32. The van der Waals surface area contributed by atoms with Crippen molar-refractivity contribution in [2.75, 3.05) is 58.4 Å². The van der Waals surface area contributed by atoms with E-state index in [-0.39, 0.29) is 5.91 Å². The van der Waals surface area contributed by atoms with Crippen molar-refractivity contribution < 1.29 is 19.0 Å². The van der Waals surface area contributed by atoms with E-state index >= 15 is 0 Å². The molecule has 1 saturated heterocycles. The zero-order chi connectivity index (χ0) is 20.1. The van der Waals surface area contributed by atoms with E-state index in [1.807, 2.05) is 30.3 Å². The summed E-state index contributed by atoms with van der Waals surface area (Å²) in [4.78, 5) is 21.1. The number of ether oxygens (including phenoxy) is 3. The standard InChI is InChI=1S/C21H26N4O4/c1-27-21-12-16(4-5-22-21)14-24-6-8-25(9-7-24)15-20(26)23-17-2-3-18-19(13-17)29-11-10-28-18/h2-5,12-13H,6-11,14-15H2,1H3,(H,23,26). The lowest BCUT2D eigenvalue weighted by Crippen LogP contribution is -2.48. The maximum atomic E-state index is 12.4. The van der Waals surface area contributed by atoms with Gasteiger partial charge in [-0.3, -0.25) is 14.6 Å². The Kier molecular flexibility index (Phi) is 6.12. The van der Waals surface area contributed by atoms with Crippen LogP contribution in [0.5, 0.6) is 17.4 Å². The first kappa shape index (κ1) is 19.5. The van der Waals surface area contributed by atoms with Gasteiger partial charge in [0.1, 0.15) is 13.2 Å². The number of rotatable bonds is 6. The van der Waals surface area contributed by atoms with Crippen LogP contribution in [0.4, 0.5) is 5.69 Å². The summed E-state index contributed by atoms with van der Waals surface area (Å²) in [6, 6.07) is 9.46. The van der Waals surface area contributed by atoms with Crippen molar-refractivity contribution >= 4 is 11.6 Å². The zero-order valence-electron chi connectivity index (χ0n) is 16.6. The zero-order valence-corrected chi connectivity index (χ0v) is 16.6.